The molecule has 0 bridgehead atoms. The predicted molar refractivity (Wildman–Crippen MR) is 82.2 cm³/mol. The minimum atomic E-state index is -0.429. The van der Waals surface area contributed by atoms with Crippen LogP contribution >= 0.6 is 0 Å². The number of carbonyl (C=O) groups is 1. The molecule has 21 heavy (non-hydrogen) atoms. The van der Waals surface area contributed by atoms with Gasteiger partial charge in [0.05, 0.1) is 0 Å². The summed E-state index contributed by atoms with van der Waals surface area (Å²) in [5.41, 5.74) is 0.661. The van der Waals surface area contributed by atoms with Crippen molar-refractivity contribution in [3.63, 3.8) is 0 Å². The Hall–Kier alpha value is -1.62. The lowest BCUT2D eigenvalue weighted by atomic mass is 10.2. The van der Waals surface area contributed by atoms with Crippen LogP contribution in [0.5, 0.6) is 0 Å². The minimum Gasteiger partial charge on any atom is -0.444 e. The lowest BCUT2D eigenvalue weighted by Gasteiger charge is -2.24. The van der Waals surface area contributed by atoms with Crippen molar-refractivity contribution in [3.05, 3.63) is 30.1 Å². The number of pyridine rings is 1. The normalized spacial score (nSPS) is 18.8. The first-order valence-corrected chi connectivity index (χ1v) is 7.55. The zero-order chi connectivity index (χ0) is 15.3. The molecule has 5 heteroatoms. The van der Waals surface area contributed by atoms with Crippen LogP contribution in [0, 0.1) is 0 Å². The molecule has 1 N–H and O–H groups in total. The van der Waals surface area contributed by atoms with E-state index in [0.29, 0.717) is 6.04 Å². The number of nitrogens with one attached hydrogen (secondary N) is 1. The van der Waals surface area contributed by atoms with Gasteiger partial charge in [0.15, 0.2) is 0 Å². The Morgan fingerprint density at radius 1 is 1.48 bits per heavy atom. The molecule has 1 aromatic heterocycles. The smallest absolute Gasteiger partial charge is 0.410 e. The van der Waals surface area contributed by atoms with E-state index in [0.717, 1.165) is 38.2 Å². The van der Waals surface area contributed by atoms with Crippen LogP contribution < -0.4 is 5.32 Å². The lowest BCUT2D eigenvalue weighted by molar-refractivity contribution is 0.0291. The molecule has 1 amide bonds. The number of aromatic nitrogens is 1. The van der Waals surface area contributed by atoms with Crippen LogP contribution in [0.15, 0.2) is 24.4 Å². The summed E-state index contributed by atoms with van der Waals surface area (Å²) in [6, 6.07) is 6.30. The fourth-order valence-electron chi connectivity index (χ4n) is 2.37. The number of carbonyl (C=O) groups excluding carboxylic acids is 1. The summed E-state index contributed by atoms with van der Waals surface area (Å²) in [5, 5.41) is 3.49. The average molecular weight is 291 g/mol. The number of ether oxygens (including phenoxy) is 1. The molecular weight excluding hydrogens is 266 g/mol. The Bertz CT molecular complexity index is 456. The summed E-state index contributed by atoms with van der Waals surface area (Å²) in [6.07, 6.45) is 3.48. The Morgan fingerprint density at radius 3 is 2.95 bits per heavy atom. The number of nitrogens with zero attached hydrogens (tertiary/aromatic N) is 2. The van der Waals surface area contributed by atoms with Crippen LogP contribution in [-0.4, -0.2) is 47.3 Å². The van der Waals surface area contributed by atoms with Crippen molar-refractivity contribution in [2.75, 3.05) is 19.6 Å². The van der Waals surface area contributed by atoms with Crippen molar-refractivity contribution in [2.24, 2.45) is 0 Å². The zero-order valence-electron chi connectivity index (χ0n) is 13.1. The number of amides is 1. The van der Waals surface area contributed by atoms with Gasteiger partial charge in [0.1, 0.15) is 5.60 Å². The van der Waals surface area contributed by atoms with E-state index in [2.05, 4.69) is 10.3 Å². The molecule has 1 atom stereocenters. The highest BCUT2D eigenvalue weighted by atomic mass is 16.6. The van der Waals surface area contributed by atoms with E-state index in [-0.39, 0.29) is 6.09 Å². The second-order valence-electron chi connectivity index (χ2n) is 6.44. The quantitative estimate of drug-likeness (QED) is 0.924. The topological polar surface area (TPSA) is 54.5 Å². The van der Waals surface area contributed by atoms with Crippen molar-refractivity contribution in [2.45, 2.75) is 45.3 Å². The molecule has 1 aromatic rings. The van der Waals surface area contributed by atoms with Crippen molar-refractivity contribution in [3.8, 4) is 0 Å². The van der Waals surface area contributed by atoms with Gasteiger partial charge in [-0.15, -0.1) is 0 Å². The maximum absolute atomic E-state index is 12.0. The molecule has 1 fully saturated rings. The van der Waals surface area contributed by atoms with Gasteiger partial charge < -0.3 is 15.0 Å². The number of hydrogen-bond acceptors (Lipinski definition) is 4. The largest absolute Gasteiger partial charge is 0.444 e. The molecule has 116 valence electrons. The van der Waals surface area contributed by atoms with E-state index in [1.165, 1.54) is 0 Å². The van der Waals surface area contributed by atoms with Gasteiger partial charge in [0.25, 0.3) is 0 Å². The molecule has 0 aliphatic carbocycles. The SMILES string of the molecule is CC(C)(C)OC(=O)N1CC[C@@H](NCCc2ccccn2)C1. The van der Waals surface area contributed by atoms with Crippen LogP contribution in [0.2, 0.25) is 0 Å². The summed E-state index contributed by atoms with van der Waals surface area (Å²) in [7, 11) is 0. The highest BCUT2D eigenvalue weighted by molar-refractivity contribution is 5.68. The molecule has 2 heterocycles. The molecule has 0 unspecified atom stereocenters. The van der Waals surface area contributed by atoms with Gasteiger partial charge in [-0.3, -0.25) is 4.98 Å². The summed E-state index contributed by atoms with van der Waals surface area (Å²) in [4.78, 5) is 18.1. The number of hydrogen-bond donors (Lipinski definition) is 1. The molecule has 1 saturated heterocycles. The maximum Gasteiger partial charge on any atom is 0.410 e. The van der Waals surface area contributed by atoms with Crippen LogP contribution in [-0.2, 0) is 11.2 Å². The molecule has 0 radical (unpaired) electrons. The van der Waals surface area contributed by atoms with Gasteiger partial charge in [-0.05, 0) is 39.3 Å². The van der Waals surface area contributed by atoms with Crippen molar-refractivity contribution in [1.82, 2.24) is 15.2 Å². The Morgan fingerprint density at radius 2 is 2.29 bits per heavy atom. The standard InChI is InChI=1S/C16H25N3O2/c1-16(2,3)21-15(20)19-11-8-14(12-19)18-10-7-13-6-4-5-9-17-13/h4-6,9,14,18H,7-8,10-12H2,1-3H3/t14-/m1/s1. The number of rotatable bonds is 4. The second-order valence-corrected chi connectivity index (χ2v) is 6.44. The third-order valence-corrected chi connectivity index (χ3v) is 3.38. The molecule has 1 aliphatic heterocycles. The van der Waals surface area contributed by atoms with Gasteiger partial charge in [0, 0.05) is 44.0 Å². The van der Waals surface area contributed by atoms with E-state index in [4.69, 9.17) is 4.74 Å². The Kier molecular flexibility index (Phi) is 5.17. The van der Waals surface area contributed by atoms with E-state index >= 15 is 0 Å². The monoisotopic (exact) mass is 291 g/mol. The van der Waals surface area contributed by atoms with Crippen LogP contribution in [0.3, 0.4) is 0 Å². The third kappa shape index (κ3) is 5.34. The van der Waals surface area contributed by atoms with Gasteiger partial charge >= 0.3 is 6.09 Å². The lowest BCUT2D eigenvalue weighted by Crippen LogP contribution is -2.38. The predicted octanol–water partition coefficient (Wildman–Crippen LogP) is 2.22. The fraction of sp³-hybridized carbons (Fsp3) is 0.625. The molecule has 2 rings (SSSR count). The van der Waals surface area contributed by atoms with Gasteiger partial charge in [-0.2, -0.15) is 0 Å². The summed E-state index contributed by atoms with van der Waals surface area (Å²) >= 11 is 0. The van der Waals surface area contributed by atoms with Crippen LogP contribution in [0.4, 0.5) is 4.79 Å². The molecule has 5 nitrogen and oxygen atoms in total. The van der Waals surface area contributed by atoms with Crippen molar-refractivity contribution in [1.29, 1.82) is 0 Å². The first kappa shape index (κ1) is 15.8. The minimum absolute atomic E-state index is 0.212. The first-order chi connectivity index (χ1) is 9.94. The van der Waals surface area contributed by atoms with Crippen LogP contribution in [0.1, 0.15) is 32.9 Å². The van der Waals surface area contributed by atoms with E-state index in [1.807, 2.05) is 45.2 Å². The van der Waals surface area contributed by atoms with E-state index < -0.39 is 5.60 Å². The Labute approximate surface area is 126 Å². The molecule has 0 aromatic carbocycles. The molecule has 1 aliphatic rings. The zero-order valence-corrected chi connectivity index (χ0v) is 13.1. The van der Waals surface area contributed by atoms with E-state index in [1.54, 1.807) is 4.90 Å². The summed E-state index contributed by atoms with van der Waals surface area (Å²) in [6.45, 7) is 8.04. The van der Waals surface area contributed by atoms with Gasteiger partial charge in [-0.1, -0.05) is 6.07 Å². The molecular formula is C16H25N3O2. The summed E-state index contributed by atoms with van der Waals surface area (Å²) in [5.74, 6) is 0. The highest BCUT2D eigenvalue weighted by Crippen LogP contribution is 2.15. The third-order valence-electron chi connectivity index (χ3n) is 3.38. The van der Waals surface area contributed by atoms with E-state index in [9.17, 15) is 4.79 Å². The fourth-order valence-corrected chi connectivity index (χ4v) is 2.37. The highest BCUT2D eigenvalue weighted by Gasteiger charge is 2.29. The number of likely N-dealkylation sites (tertiary alicyclic amines) is 1. The average Bonchev–Trinajstić information content (AvgIpc) is 2.87. The maximum atomic E-state index is 12.0. The second kappa shape index (κ2) is 6.89. The van der Waals surface area contributed by atoms with Gasteiger partial charge in [0.2, 0.25) is 0 Å². The van der Waals surface area contributed by atoms with Gasteiger partial charge in [-0.25, -0.2) is 4.79 Å². The molecule has 0 saturated carbocycles. The first-order valence-electron chi connectivity index (χ1n) is 7.55. The molecule has 0 spiro atoms. The summed E-state index contributed by atoms with van der Waals surface area (Å²) < 4.78 is 5.39. The Balaban J connectivity index is 1.69. The van der Waals surface area contributed by atoms with Crippen molar-refractivity contribution >= 4 is 6.09 Å². The van der Waals surface area contributed by atoms with Crippen LogP contribution in [0.25, 0.3) is 0 Å². The van der Waals surface area contributed by atoms with Crippen molar-refractivity contribution < 1.29 is 9.53 Å².